The highest BCUT2D eigenvalue weighted by Crippen LogP contribution is 2.34. The van der Waals surface area contributed by atoms with E-state index in [1.807, 2.05) is 6.07 Å². The van der Waals surface area contributed by atoms with E-state index in [9.17, 15) is 27.2 Å². The quantitative estimate of drug-likeness (QED) is 0.486. The number of carbonyl (C=O) groups excluding carboxylic acids is 2. The van der Waals surface area contributed by atoms with Gasteiger partial charge in [-0.1, -0.05) is 6.07 Å². The average Bonchev–Trinajstić information content (AvgIpc) is 3.10. The lowest BCUT2D eigenvalue weighted by atomic mass is 10.1. The Bertz CT molecular complexity index is 1370. The maximum atomic E-state index is 14.6. The number of halogens is 4. The van der Waals surface area contributed by atoms with Crippen LogP contribution in [-0.4, -0.2) is 41.5 Å². The molecular weight excluding hydrogens is 504 g/mol. The van der Waals surface area contributed by atoms with Gasteiger partial charge in [0.05, 0.1) is 29.7 Å². The maximum Gasteiger partial charge on any atom is 0.419 e. The second kappa shape index (κ2) is 11.2. The Hall–Kier alpha value is -4.53. The minimum Gasteiger partial charge on any atom is -0.353 e. The first kappa shape index (κ1) is 26.5. The Labute approximate surface area is 215 Å². The largest absolute Gasteiger partial charge is 0.419 e. The third-order valence-corrected chi connectivity index (χ3v) is 5.98. The third kappa shape index (κ3) is 6.05. The minimum absolute atomic E-state index is 0.0555. The minimum atomic E-state index is -4.83. The van der Waals surface area contributed by atoms with Crippen molar-refractivity contribution >= 4 is 23.2 Å². The average molecular weight is 526 g/mol. The van der Waals surface area contributed by atoms with E-state index in [4.69, 9.17) is 5.26 Å². The Balaban J connectivity index is 1.55. The van der Waals surface area contributed by atoms with Crippen molar-refractivity contribution in [2.45, 2.75) is 25.4 Å². The molecular formula is C26H22F4N6O2. The predicted octanol–water partition coefficient (Wildman–Crippen LogP) is 4.07. The van der Waals surface area contributed by atoms with Gasteiger partial charge in [-0.05, 0) is 42.8 Å². The summed E-state index contributed by atoms with van der Waals surface area (Å²) >= 11 is 0. The summed E-state index contributed by atoms with van der Waals surface area (Å²) in [6, 6.07) is 11.4. The van der Waals surface area contributed by atoms with Crippen LogP contribution in [0.2, 0.25) is 0 Å². The summed E-state index contributed by atoms with van der Waals surface area (Å²) in [6.45, 7) is 0.416. The second-order valence-electron chi connectivity index (χ2n) is 8.52. The van der Waals surface area contributed by atoms with Gasteiger partial charge in [0.1, 0.15) is 11.9 Å². The van der Waals surface area contributed by atoms with Gasteiger partial charge in [-0.2, -0.15) is 18.4 Å². The number of amides is 2. The number of rotatable bonds is 6. The molecule has 0 unspecified atom stereocenters. The number of carbonyl (C=O) groups is 2. The van der Waals surface area contributed by atoms with Crippen LogP contribution in [0.25, 0.3) is 0 Å². The molecule has 38 heavy (non-hydrogen) atoms. The van der Waals surface area contributed by atoms with Gasteiger partial charge < -0.3 is 10.2 Å². The topological polar surface area (TPSA) is 102 Å². The van der Waals surface area contributed by atoms with Crippen molar-refractivity contribution in [2.75, 3.05) is 29.6 Å². The summed E-state index contributed by atoms with van der Waals surface area (Å²) < 4.78 is 54.9. The van der Waals surface area contributed by atoms with Gasteiger partial charge in [-0.3, -0.25) is 19.5 Å². The van der Waals surface area contributed by atoms with E-state index < -0.39 is 35.1 Å². The van der Waals surface area contributed by atoms with Crippen LogP contribution in [0.1, 0.15) is 40.2 Å². The van der Waals surface area contributed by atoms with Crippen LogP contribution in [0.15, 0.2) is 54.9 Å². The number of anilines is 2. The Morgan fingerprint density at radius 2 is 1.95 bits per heavy atom. The van der Waals surface area contributed by atoms with E-state index in [0.717, 1.165) is 28.9 Å². The molecule has 1 N–H and O–H groups in total. The number of nitrogens with one attached hydrogen (secondary N) is 1. The van der Waals surface area contributed by atoms with E-state index in [2.05, 4.69) is 15.3 Å². The number of benzene rings is 1. The molecule has 1 aliphatic heterocycles. The zero-order valence-corrected chi connectivity index (χ0v) is 20.0. The normalized spacial score (nSPS) is 14.1. The molecule has 0 saturated carbocycles. The van der Waals surface area contributed by atoms with Crippen molar-refractivity contribution < 1.29 is 27.2 Å². The summed E-state index contributed by atoms with van der Waals surface area (Å²) in [7, 11) is 0. The molecule has 0 spiro atoms. The van der Waals surface area contributed by atoms with Gasteiger partial charge in [0, 0.05) is 43.5 Å². The fraction of sp³-hybridized carbons (Fsp3) is 0.269. The maximum absolute atomic E-state index is 14.6. The van der Waals surface area contributed by atoms with Gasteiger partial charge >= 0.3 is 6.18 Å². The number of nitrogens with zero attached hydrogens (tertiary/aromatic N) is 5. The SMILES string of the molecule is N#Cc1ncc(N2CN(c3ccc(F)c(C(=O)NCCc4ccccn4)c3)CCCC2=O)cc1C(F)(F)F. The lowest BCUT2D eigenvalue weighted by Gasteiger charge is -2.29. The molecule has 1 saturated heterocycles. The zero-order valence-electron chi connectivity index (χ0n) is 20.0. The smallest absolute Gasteiger partial charge is 0.353 e. The van der Waals surface area contributed by atoms with E-state index in [-0.39, 0.29) is 30.9 Å². The van der Waals surface area contributed by atoms with Gasteiger partial charge in [-0.15, -0.1) is 0 Å². The Morgan fingerprint density at radius 3 is 2.66 bits per heavy atom. The molecule has 0 bridgehead atoms. The molecule has 3 aromatic rings. The van der Waals surface area contributed by atoms with Crippen LogP contribution >= 0.6 is 0 Å². The summed E-state index contributed by atoms with van der Waals surface area (Å²) in [5, 5.41) is 11.7. The fourth-order valence-corrected chi connectivity index (χ4v) is 4.05. The number of hydrogen-bond acceptors (Lipinski definition) is 6. The molecule has 1 fully saturated rings. The monoisotopic (exact) mass is 526 g/mol. The van der Waals surface area contributed by atoms with Gasteiger partial charge in [0.15, 0.2) is 5.69 Å². The highest BCUT2D eigenvalue weighted by molar-refractivity contribution is 5.96. The van der Waals surface area contributed by atoms with Crippen molar-refractivity contribution in [1.82, 2.24) is 15.3 Å². The first-order valence-electron chi connectivity index (χ1n) is 11.7. The van der Waals surface area contributed by atoms with E-state index >= 15 is 0 Å². The van der Waals surface area contributed by atoms with Crippen molar-refractivity contribution in [3.8, 4) is 6.07 Å². The van der Waals surface area contributed by atoms with Gasteiger partial charge in [-0.25, -0.2) is 9.37 Å². The third-order valence-electron chi connectivity index (χ3n) is 5.98. The summed E-state index contributed by atoms with van der Waals surface area (Å²) in [6.07, 6.45) is -1.27. The first-order valence-corrected chi connectivity index (χ1v) is 11.7. The number of pyridine rings is 2. The molecule has 3 heterocycles. The number of aromatic nitrogens is 2. The van der Waals surface area contributed by atoms with Gasteiger partial charge in [0.25, 0.3) is 5.91 Å². The molecule has 2 aromatic heterocycles. The van der Waals surface area contributed by atoms with Crippen LogP contribution < -0.4 is 15.1 Å². The van der Waals surface area contributed by atoms with Crippen molar-refractivity contribution in [2.24, 2.45) is 0 Å². The van der Waals surface area contributed by atoms with Crippen LogP contribution in [0.5, 0.6) is 0 Å². The van der Waals surface area contributed by atoms with Crippen LogP contribution in [-0.2, 0) is 17.4 Å². The van der Waals surface area contributed by atoms with Gasteiger partial charge in [0.2, 0.25) is 5.91 Å². The van der Waals surface area contributed by atoms with Crippen molar-refractivity contribution in [1.29, 1.82) is 5.26 Å². The molecule has 0 atom stereocenters. The zero-order chi connectivity index (χ0) is 27.3. The number of nitriles is 1. The lowest BCUT2D eigenvalue weighted by molar-refractivity contribution is -0.138. The van der Waals surface area contributed by atoms with Crippen LogP contribution in [0.4, 0.5) is 28.9 Å². The predicted molar refractivity (Wildman–Crippen MR) is 130 cm³/mol. The van der Waals surface area contributed by atoms with E-state index in [0.29, 0.717) is 25.1 Å². The molecule has 12 heteroatoms. The molecule has 0 radical (unpaired) electrons. The van der Waals surface area contributed by atoms with E-state index in [1.165, 1.54) is 18.2 Å². The van der Waals surface area contributed by atoms with E-state index in [1.54, 1.807) is 23.2 Å². The summed E-state index contributed by atoms with van der Waals surface area (Å²) in [4.78, 5) is 36.0. The molecule has 1 aliphatic rings. The molecule has 196 valence electrons. The number of alkyl halides is 3. The molecule has 1 aromatic carbocycles. The standard InChI is InChI=1S/C26H22F4N6O2/c27-22-7-6-18(12-20(22)25(38)33-10-8-17-4-1-2-9-32-17)35-11-3-5-24(37)36(16-35)19-13-21(26(28,29)30)23(14-31)34-15-19/h1-2,4,6-7,9,12-13,15H,3,5,8,10-11,16H2,(H,33,38). The highest BCUT2D eigenvalue weighted by atomic mass is 19.4. The summed E-state index contributed by atoms with van der Waals surface area (Å²) in [5.74, 6) is -1.80. The fourth-order valence-electron chi connectivity index (χ4n) is 4.05. The number of hydrogen-bond donors (Lipinski definition) is 1. The molecule has 4 rings (SSSR count). The first-order chi connectivity index (χ1) is 18.2. The highest BCUT2D eigenvalue weighted by Gasteiger charge is 2.36. The van der Waals surface area contributed by atoms with Crippen molar-refractivity contribution in [3.63, 3.8) is 0 Å². The summed E-state index contributed by atoms with van der Waals surface area (Å²) in [5.41, 5.74) is -1.18. The second-order valence-corrected chi connectivity index (χ2v) is 8.52. The van der Waals surface area contributed by atoms with Crippen molar-refractivity contribution in [3.05, 3.63) is 83.2 Å². The Morgan fingerprint density at radius 1 is 1.13 bits per heavy atom. The Kier molecular flexibility index (Phi) is 7.85. The molecule has 2 amide bonds. The molecule has 0 aliphatic carbocycles. The lowest BCUT2D eigenvalue weighted by Crippen LogP contribution is -2.39. The molecule has 8 nitrogen and oxygen atoms in total. The van der Waals surface area contributed by atoms with Crippen LogP contribution in [0.3, 0.4) is 0 Å². The van der Waals surface area contributed by atoms with Crippen LogP contribution in [0, 0.1) is 17.1 Å².